The van der Waals surface area contributed by atoms with Crippen LogP contribution in [0.25, 0.3) is 34.2 Å². The Labute approximate surface area is 165 Å². The number of fused-ring (bicyclic) bond motifs is 5. The maximum atomic E-state index is 6.31. The van der Waals surface area contributed by atoms with Crippen molar-refractivity contribution in [1.82, 2.24) is 4.57 Å². The number of aromatic nitrogens is 1. The van der Waals surface area contributed by atoms with Crippen LogP contribution in [0, 0.1) is 5.92 Å². The first-order valence-corrected chi connectivity index (χ1v) is 10.3. The van der Waals surface area contributed by atoms with Gasteiger partial charge in [-0.2, -0.15) is 0 Å². The normalized spacial score (nSPS) is 16.4. The van der Waals surface area contributed by atoms with E-state index in [1.165, 1.54) is 40.4 Å². The maximum Gasteiger partial charge on any atom is 0.208 e. The van der Waals surface area contributed by atoms with Gasteiger partial charge in [0.1, 0.15) is 5.58 Å². The number of benzene rings is 2. The minimum absolute atomic E-state index is 0.415. The molecular weight excluding hydrogens is 342 g/mol. The summed E-state index contributed by atoms with van der Waals surface area (Å²) in [5.74, 6) is 0.415. The van der Waals surface area contributed by atoms with Crippen LogP contribution in [0.1, 0.15) is 36.6 Å². The van der Waals surface area contributed by atoms with Crippen molar-refractivity contribution in [3.63, 3.8) is 0 Å². The number of unbranched alkanes of at least 4 members (excludes halogenated alkanes) is 1. The summed E-state index contributed by atoms with van der Waals surface area (Å²) in [6.45, 7) is 3.27. The van der Waals surface area contributed by atoms with Gasteiger partial charge in [0.15, 0.2) is 0 Å². The van der Waals surface area contributed by atoms with Crippen LogP contribution in [0.5, 0.6) is 0 Å². The van der Waals surface area contributed by atoms with Crippen molar-refractivity contribution in [1.29, 1.82) is 0 Å². The molecule has 0 N–H and O–H groups in total. The van der Waals surface area contributed by atoms with Crippen molar-refractivity contribution in [2.45, 2.75) is 32.7 Å². The number of para-hydroxylation sites is 1. The largest absolute Gasteiger partial charge is 0.439 e. The maximum absolute atomic E-state index is 6.31. The second-order valence-electron chi connectivity index (χ2n) is 7.64. The zero-order valence-corrected chi connectivity index (χ0v) is 16.3. The number of nitrogens with zero attached hydrogens (tertiary/aromatic N) is 1. The van der Waals surface area contributed by atoms with Gasteiger partial charge in [-0.25, -0.2) is 0 Å². The number of aryl methyl sites for hydroxylation is 1. The molecule has 1 atom stereocenters. The zero-order valence-electron chi connectivity index (χ0n) is 16.3. The second kappa shape index (κ2) is 7.20. The highest BCUT2D eigenvalue weighted by molar-refractivity contribution is 6.09. The standard InChI is InChI=1S/C26H25NO/c1-2-3-17-27-23-18-20(14-13-19-9-5-4-6-10-19)15-16-21(23)25-22-11-7-8-12-24(22)28-26(25)27/h4-16,20H,2-3,17-18H2,1H3/b14-13+. The molecule has 4 aromatic rings. The van der Waals surface area contributed by atoms with E-state index < -0.39 is 0 Å². The molecule has 1 unspecified atom stereocenters. The van der Waals surface area contributed by atoms with E-state index in [2.05, 4.69) is 84.3 Å². The summed E-state index contributed by atoms with van der Waals surface area (Å²) in [6.07, 6.45) is 12.6. The lowest BCUT2D eigenvalue weighted by atomic mass is 9.92. The van der Waals surface area contributed by atoms with E-state index in [0.717, 1.165) is 24.3 Å². The summed E-state index contributed by atoms with van der Waals surface area (Å²) in [5, 5.41) is 2.51. The monoisotopic (exact) mass is 367 g/mol. The van der Waals surface area contributed by atoms with E-state index in [-0.39, 0.29) is 0 Å². The molecule has 0 amide bonds. The van der Waals surface area contributed by atoms with Gasteiger partial charge in [-0.05, 0) is 24.5 Å². The first-order chi connectivity index (χ1) is 13.8. The number of hydrogen-bond acceptors (Lipinski definition) is 1. The van der Waals surface area contributed by atoms with Crippen molar-refractivity contribution in [3.05, 3.63) is 83.6 Å². The van der Waals surface area contributed by atoms with Gasteiger partial charge in [-0.1, -0.05) is 86.2 Å². The van der Waals surface area contributed by atoms with Crippen LogP contribution >= 0.6 is 0 Å². The van der Waals surface area contributed by atoms with E-state index in [4.69, 9.17) is 4.42 Å². The average Bonchev–Trinajstić information content (AvgIpc) is 3.26. The van der Waals surface area contributed by atoms with E-state index in [9.17, 15) is 0 Å². The fraction of sp³-hybridized carbons (Fsp3) is 0.231. The molecule has 0 saturated carbocycles. The molecule has 0 spiro atoms. The minimum atomic E-state index is 0.415. The zero-order chi connectivity index (χ0) is 18.9. The average molecular weight is 367 g/mol. The van der Waals surface area contributed by atoms with Gasteiger partial charge in [0.25, 0.3) is 0 Å². The molecule has 1 aliphatic carbocycles. The summed E-state index contributed by atoms with van der Waals surface area (Å²) in [5.41, 5.74) is 6.04. The molecule has 2 aromatic heterocycles. The van der Waals surface area contributed by atoms with Gasteiger partial charge in [-0.3, -0.25) is 0 Å². The smallest absolute Gasteiger partial charge is 0.208 e. The van der Waals surface area contributed by atoms with Crippen LogP contribution in [0.15, 0.2) is 71.2 Å². The van der Waals surface area contributed by atoms with Crippen molar-refractivity contribution in [2.24, 2.45) is 5.92 Å². The molecule has 0 saturated heterocycles. The predicted octanol–water partition coefficient (Wildman–Crippen LogP) is 7.09. The van der Waals surface area contributed by atoms with Crippen LogP contribution in [-0.4, -0.2) is 4.57 Å². The van der Waals surface area contributed by atoms with Crippen LogP contribution in [-0.2, 0) is 13.0 Å². The Kier molecular flexibility index (Phi) is 4.40. The van der Waals surface area contributed by atoms with Crippen molar-refractivity contribution >= 4 is 34.2 Å². The van der Waals surface area contributed by atoms with Gasteiger partial charge < -0.3 is 8.98 Å². The highest BCUT2D eigenvalue weighted by Gasteiger charge is 2.24. The molecule has 140 valence electrons. The molecule has 0 fully saturated rings. The van der Waals surface area contributed by atoms with Crippen molar-refractivity contribution < 1.29 is 4.42 Å². The molecule has 0 aliphatic heterocycles. The lowest BCUT2D eigenvalue weighted by Crippen LogP contribution is -2.10. The number of hydrogen-bond donors (Lipinski definition) is 0. The van der Waals surface area contributed by atoms with Gasteiger partial charge >= 0.3 is 0 Å². The molecule has 2 heteroatoms. The summed E-state index contributed by atoms with van der Waals surface area (Å²) in [4.78, 5) is 0. The quantitative estimate of drug-likeness (QED) is 0.368. The van der Waals surface area contributed by atoms with Crippen molar-refractivity contribution in [3.8, 4) is 0 Å². The van der Waals surface area contributed by atoms with Gasteiger partial charge in [-0.15, -0.1) is 0 Å². The topological polar surface area (TPSA) is 18.1 Å². The van der Waals surface area contributed by atoms with E-state index >= 15 is 0 Å². The number of furan rings is 1. The first kappa shape index (κ1) is 17.1. The first-order valence-electron chi connectivity index (χ1n) is 10.3. The molecule has 28 heavy (non-hydrogen) atoms. The van der Waals surface area contributed by atoms with Crippen molar-refractivity contribution in [2.75, 3.05) is 0 Å². The van der Waals surface area contributed by atoms with Crippen LogP contribution in [0.4, 0.5) is 0 Å². The third-order valence-electron chi connectivity index (χ3n) is 5.74. The lowest BCUT2D eigenvalue weighted by molar-refractivity contribution is 0.553. The Morgan fingerprint density at radius 2 is 1.89 bits per heavy atom. The number of rotatable bonds is 5. The second-order valence-corrected chi connectivity index (χ2v) is 7.64. The molecule has 2 heterocycles. The number of allylic oxidation sites excluding steroid dienone is 2. The molecule has 2 nitrogen and oxygen atoms in total. The summed E-state index contributed by atoms with van der Waals surface area (Å²) in [6, 6.07) is 18.9. The van der Waals surface area contributed by atoms with E-state index in [1.807, 2.05) is 6.07 Å². The van der Waals surface area contributed by atoms with Gasteiger partial charge in [0.05, 0.1) is 5.39 Å². The lowest BCUT2D eigenvalue weighted by Gasteiger charge is -2.17. The summed E-state index contributed by atoms with van der Waals surface area (Å²) < 4.78 is 8.74. The Bertz CT molecular complexity index is 1170. The third-order valence-corrected chi connectivity index (χ3v) is 5.74. The molecular formula is C26H25NO. The van der Waals surface area contributed by atoms with Crippen LogP contribution in [0.2, 0.25) is 0 Å². The van der Waals surface area contributed by atoms with Gasteiger partial charge in [0, 0.05) is 29.1 Å². The molecule has 0 bridgehead atoms. The molecule has 2 aromatic carbocycles. The SMILES string of the molecule is CCCCn1c2c(c3c4ccccc4oc31)C=CC(/C=C/c1ccccc1)C2. The van der Waals surface area contributed by atoms with Gasteiger partial charge in [0.2, 0.25) is 5.71 Å². The Morgan fingerprint density at radius 1 is 1.07 bits per heavy atom. The summed E-state index contributed by atoms with van der Waals surface area (Å²) >= 11 is 0. The molecule has 0 radical (unpaired) electrons. The Hall–Kier alpha value is -3.00. The fourth-order valence-electron chi connectivity index (χ4n) is 4.29. The highest BCUT2D eigenvalue weighted by Crippen LogP contribution is 2.39. The molecule has 5 rings (SSSR count). The highest BCUT2D eigenvalue weighted by atomic mass is 16.3. The fourth-order valence-corrected chi connectivity index (χ4v) is 4.29. The summed E-state index contributed by atoms with van der Waals surface area (Å²) in [7, 11) is 0. The van der Waals surface area contributed by atoms with E-state index in [1.54, 1.807) is 0 Å². The Balaban J connectivity index is 1.57. The van der Waals surface area contributed by atoms with Crippen LogP contribution < -0.4 is 0 Å². The minimum Gasteiger partial charge on any atom is -0.439 e. The predicted molar refractivity (Wildman–Crippen MR) is 118 cm³/mol. The third kappa shape index (κ3) is 2.90. The van der Waals surface area contributed by atoms with E-state index in [0.29, 0.717) is 5.92 Å². The van der Waals surface area contributed by atoms with Crippen LogP contribution in [0.3, 0.4) is 0 Å². The Morgan fingerprint density at radius 3 is 2.75 bits per heavy atom. The molecule has 1 aliphatic rings.